The first-order valence-electron chi connectivity index (χ1n) is 11.3. The Balaban J connectivity index is 1.40. The van der Waals surface area contributed by atoms with Gasteiger partial charge in [0, 0.05) is 24.1 Å². The normalized spacial score (nSPS) is 12.5. The summed E-state index contributed by atoms with van der Waals surface area (Å²) in [5.74, 6) is -1.64. The van der Waals surface area contributed by atoms with Crippen LogP contribution < -0.4 is 5.32 Å². The molecule has 2 N–H and O–H groups in total. The molecule has 182 valence electrons. The molecule has 0 saturated heterocycles. The Morgan fingerprint density at radius 2 is 1.66 bits per heavy atom. The molecule has 9 heteroatoms. The topological polar surface area (TPSA) is 122 Å². The number of hydrogen-bond acceptors (Lipinski definition) is 6. The van der Waals surface area contributed by atoms with Gasteiger partial charge in [-0.25, -0.2) is 4.79 Å². The van der Waals surface area contributed by atoms with Crippen LogP contribution in [0.5, 0.6) is 0 Å². The largest absolute Gasteiger partial charge is 0.481 e. The Morgan fingerprint density at radius 1 is 1.06 bits per heavy atom. The fourth-order valence-electron chi connectivity index (χ4n) is 4.26. The lowest BCUT2D eigenvalue weighted by Gasteiger charge is -2.34. The highest BCUT2D eigenvalue weighted by molar-refractivity contribution is 5.94. The molecule has 9 nitrogen and oxygen atoms in total. The number of aliphatic carboxylic acids is 1. The minimum atomic E-state index is -1.01. The third-order valence-corrected chi connectivity index (χ3v) is 5.90. The number of carbonyl (C=O) groups excluding carboxylic acids is 2. The summed E-state index contributed by atoms with van der Waals surface area (Å²) in [5, 5.41) is 15.2. The van der Waals surface area contributed by atoms with Crippen LogP contribution in [0.1, 0.15) is 54.7 Å². The predicted molar refractivity (Wildman–Crippen MR) is 128 cm³/mol. The molecule has 1 aliphatic carbocycles. The van der Waals surface area contributed by atoms with Gasteiger partial charge in [-0.05, 0) is 43.0 Å². The molecule has 0 bridgehead atoms. The van der Waals surface area contributed by atoms with Crippen molar-refractivity contribution in [2.45, 2.75) is 38.6 Å². The first-order chi connectivity index (χ1) is 16.6. The highest BCUT2D eigenvalue weighted by atomic mass is 16.6. The van der Waals surface area contributed by atoms with Gasteiger partial charge in [-0.2, -0.15) is 0 Å². The molecule has 2 amide bonds. The van der Waals surface area contributed by atoms with Crippen LogP contribution in [-0.2, 0) is 9.53 Å². The molecule has 35 heavy (non-hydrogen) atoms. The van der Waals surface area contributed by atoms with Crippen LogP contribution in [0.3, 0.4) is 0 Å². The number of nitrogens with zero attached hydrogens (tertiary/aromatic N) is 2. The van der Waals surface area contributed by atoms with Crippen LogP contribution >= 0.6 is 0 Å². The number of aromatic nitrogens is 1. The maximum Gasteiger partial charge on any atom is 0.414 e. The summed E-state index contributed by atoms with van der Waals surface area (Å²) >= 11 is 0. The van der Waals surface area contributed by atoms with E-state index in [4.69, 9.17) is 14.4 Å². The molecule has 1 aromatic heterocycles. The van der Waals surface area contributed by atoms with E-state index in [0.29, 0.717) is 0 Å². The van der Waals surface area contributed by atoms with Gasteiger partial charge in [-0.3, -0.25) is 14.9 Å². The van der Waals surface area contributed by atoms with Gasteiger partial charge in [0.1, 0.15) is 6.61 Å². The summed E-state index contributed by atoms with van der Waals surface area (Å²) in [6.07, 6.45) is -0.938. The number of anilines is 1. The fourth-order valence-corrected chi connectivity index (χ4v) is 4.26. The van der Waals surface area contributed by atoms with E-state index in [-0.39, 0.29) is 37.1 Å². The van der Waals surface area contributed by atoms with Crippen LogP contribution in [-0.4, -0.2) is 51.8 Å². The van der Waals surface area contributed by atoms with Gasteiger partial charge in [0.15, 0.2) is 5.69 Å². The van der Waals surface area contributed by atoms with Gasteiger partial charge in [0.05, 0.1) is 6.42 Å². The molecule has 4 rings (SSSR count). The lowest BCUT2D eigenvalue weighted by Crippen LogP contribution is -2.46. The molecule has 3 aromatic rings. The van der Waals surface area contributed by atoms with E-state index in [0.717, 1.165) is 22.3 Å². The Kier molecular flexibility index (Phi) is 6.59. The number of carboxylic acid groups (broad SMARTS) is 1. The van der Waals surface area contributed by atoms with E-state index in [1.807, 2.05) is 36.4 Å². The van der Waals surface area contributed by atoms with Gasteiger partial charge in [-0.1, -0.05) is 53.7 Å². The lowest BCUT2D eigenvalue weighted by molar-refractivity contribution is -0.137. The summed E-state index contributed by atoms with van der Waals surface area (Å²) in [6, 6.07) is 17.3. The van der Waals surface area contributed by atoms with Crippen LogP contribution in [0.4, 0.5) is 10.7 Å². The minimum Gasteiger partial charge on any atom is -0.481 e. The molecule has 1 heterocycles. The average Bonchev–Trinajstić information content (AvgIpc) is 3.39. The zero-order valence-electron chi connectivity index (χ0n) is 19.8. The molecule has 0 radical (unpaired) electrons. The smallest absolute Gasteiger partial charge is 0.414 e. The molecular formula is C26H27N3O6. The maximum atomic E-state index is 12.9. The predicted octanol–water partition coefficient (Wildman–Crippen LogP) is 4.75. The number of carboxylic acids is 1. The van der Waals surface area contributed by atoms with Crippen molar-refractivity contribution in [3.63, 3.8) is 0 Å². The van der Waals surface area contributed by atoms with Crippen molar-refractivity contribution in [2.24, 2.45) is 0 Å². The number of amides is 2. The second kappa shape index (κ2) is 9.61. The fraction of sp³-hybridized carbons (Fsp3) is 0.308. The Hall–Kier alpha value is -4.14. The number of nitrogens with one attached hydrogen (secondary N) is 1. The number of carbonyl (C=O) groups is 3. The number of benzene rings is 2. The number of hydrogen-bond donors (Lipinski definition) is 2. The van der Waals surface area contributed by atoms with E-state index in [1.165, 1.54) is 11.0 Å². The van der Waals surface area contributed by atoms with E-state index < -0.39 is 23.5 Å². The van der Waals surface area contributed by atoms with Crippen molar-refractivity contribution >= 4 is 23.9 Å². The van der Waals surface area contributed by atoms with E-state index in [2.05, 4.69) is 22.6 Å². The summed E-state index contributed by atoms with van der Waals surface area (Å²) in [7, 11) is 0. The third kappa shape index (κ3) is 5.18. The van der Waals surface area contributed by atoms with Crippen molar-refractivity contribution in [3.05, 3.63) is 71.4 Å². The summed E-state index contributed by atoms with van der Waals surface area (Å²) in [6.45, 7) is 5.53. The molecule has 0 saturated carbocycles. The molecule has 0 aliphatic heterocycles. The first kappa shape index (κ1) is 24.0. The molecular weight excluding hydrogens is 450 g/mol. The highest BCUT2D eigenvalue weighted by Gasteiger charge is 2.31. The van der Waals surface area contributed by atoms with E-state index in [9.17, 15) is 14.4 Å². The molecule has 0 spiro atoms. The molecule has 0 atom stereocenters. The van der Waals surface area contributed by atoms with Gasteiger partial charge in [-0.15, -0.1) is 0 Å². The van der Waals surface area contributed by atoms with Gasteiger partial charge in [0.2, 0.25) is 5.88 Å². The SMILES string of the molecule is CC(C)(C)N(CCC(=O)O)C(=O)c1cc(NC(=O)OCC2c3ccccc3-c3ccccc32)on1. The number of ether oxygens (including phenoxy) is 1. The summed E-state index contributed by atoms with van der Waals surface area (Å²) < 4.78 is 10.6. The second-order valence-electron chi connectivity index (χ2n) is 9.30. The Labute approximate surface area is 202 Å². The van der Waals surface area contributed by atoms with Crippen molar-refractivity contribution < 1.29 is 28.8 Å². The van der Waals surface area contributed by atoms with Crippen molar-refractivity contribution in [1.82, 2.24) is 10.1 Å². The minimum absolute atomic E-state index is 0.0136. The van der Waals surface area contributed by atoms with Crippen LogP contribution in [0.25, 0.3) is 11.1 Å². The second-order valence-corrected chi connectivity index (χ2v) is 9.30. The third-order valence-electron chi connectivity index (χ3n) is 5.90. The standard InChI is InChI=1S/C26H27N3O6/c1-26(2,3)29(13-12-23(30)31)24(32)21-14-22(35-28-21)27-25(33)34-15-20-18-10-6-4-8-16(18)17-9-5-7-11-19(17)20/h4-11,14,20H,12-13,15H2,1-3H3,(H,27,33)(H,30,31). The monoisotopic (exact) mass is 477 g/mol. The Bertz CT molecular complexity index is 1210. The highest BCUT2D eigenvalue weighted by Crippen LogP contribution is 2.44. The van der Waals surface area contributed by atoms with Crippen LogP contribution in [0.15, 0.2) is 59.1 Å². The zero-order chi connectivity index (χ0) is 25.2. The van der Waals surface area contributed by atoms with E-state index >= 15 is 0 Å². The number of fused-ring (bicyclic) bond motifs is 3. The molecule has 0 unspecified atom stereocenters. The van der Waals surface area contributed by atoms with Crippen molar-refractivity contribution in [3.8, 4) is 11.1 Å². The van der Waals surface area contributed by atoms with Gasteiger partial charge < -0.3 is 19.3 Å². The quantitative estimate of drug-likeness (QED) is 0.503. The summed E-state index contributed by atoms with van der Waals surface area (Å²) in [5.41, 5.74) is 3.77. The van der Waals surface area contributed by atoms with Crippen molar-refractivity contribution in [2.75, 3.05) is 18.5 Å². The molecule has 0 fully saturated rings. The molecule has 2 aromatic carbocycles. The zero-order valence-corrected chi connectivity index (χ0v) is 19.8. The van der Waals surface area contributed by atoms with Crippen LogP contribution in [0, 0.1) is 0 Å². The first-order valence-corrected chi connectivity index (χ1v) is 11.3. The van der Waals surface area contributed by atoms with Crippen LogP contribution in [0.2, 0.25) is 0 Å². The van der Waals surface area contributed by atoms with Gasteiger partial charge >= 0.3 is 12.1 Å². The maximum absolute atomic E-state index is 12.9. The molecule has 1 aliphatic rings. The lowest BCUT2D eigenvalue weighted by atomic mass is 9.98. The Morgan fingerprint density at radius 3 is 2.23 bits per heavy atom. The number of rotatable bonds is 7. The van der Waals surface area contributed by atoms with Gasteiger partial charge in [0.25, 0.3) is 5.91 Å². The summed E-state index contributed by atoms with van der Waals surface area (Å²) in [4.78, 5) is 37.7. The average molecular weight is 478 g/mol. The van der Waals surface area contributed by atoms with Crippen molar-refractivity contribution in [1.29, 1.82) is 0 Å². The van der Waals surface area contributed by atoms with E-state index in [1.54, 1.807) is 20.8 Å².